The topological polar surface area (TPSA) is 9.23 Å². The molecule has 0 amide bonds. The van der Waals surface area contributed by atoms with Crippen LogP contribution in [0.4, 0.5) is 0 Å². The molecule has 0 radical (unpaired) electrons. The number of halogens is 2. The summed E-state index contributed by atoms with van der Waals surface area (Å²) in [4.78, 5) is 0. The number of rotatable bonds is 6. The maximum absolute atomic E-state index is 6.10. The Labute approximate surface area is 121 Å². The Bertz CT molecular complexity index is 339. The zero-order chi connectivity index (χ0) is 12.8. The number of ether oxygens (including phenoxy) is 1. The summed E-state index contributed by atoms with van der Waals surface area (Å²) in [6, 6.07) is 8.24. The molecule has 1 aromatic carbocycles. The van der Waals surface area contributed by atoms with Gasteiger partial charge in [-0.25, -0.2) is 0 Å². The molecule has 0 aliphatic carbocycles. The van der Waals surface area contributed by atoms with Crippen molar-refractivity contribution in [2.75, 3.05) is 5.33 Å². The van der Waals surface area contributed by atoms with E-state index in [4.69, 9.17) is 4.74 Å². The minimum absolute atomic E-state index is 0.110. The minimum atomic E-state index is 0.110. The molecule has 0 spiro atoms. The van der Waals surface area contributed by atoms with Crippen molar-refractivity contribution in [2.24, 2.45) is 5.92 Å². The van der Waals surface area contributed by atoms with Crippen LogP contribution in [0.3, 0.4) is 0 Å². The average molecular weight is 364 g/mol. The molecule has 2 atom stereocenters. The SMILES string of the molecule is CC(C)CC(C)OC(CBr)c1ccccc1Br. The second-order valence-corrected chi connectivity index (χ2v) is 6.24. The standard InChI is InChI=1S/C14H20Br2O/c1-10(2)8-11(3)17-14(9-15)12-6-4-5-7-13(12)16/h4-7,10-11,14H,8-9H2,1-3H3. The molecular formula is C14H20Br2O. The highest BCUT2D eigenvalue weighted by atomic mass is 79.9. The van der Waals surface area contributed by atoms with Crippen molar-refractivity contribution < 1.29 is 4.74 Å². The summed E-state index contributed by atoms with van der Waals surface area (Å²) in [7, 11) is 0. The molecule has 17 heavy (non-hydrogen) atoms. The van der Waals surface area contributed by atoms with Gasteiger partial charge in [0.25, 0.3) is 0 Å². The van der Waals surface area contributed by atoms with Crippen molar-refractivity contribution in [3.8, 4) is 0 Å². The van der Waals surface area contributed by atoms with Gasteiger partial charge in [0.1, 0.15) is 0 Å². The average Bonchev–Trinajstić information content (AvgIpc) is 2.26. The lowest BCUT2D eigenvalue weighted by atomic mass is 10.1. The van der Waals surface area contributed by atoms with Crippen molar-refractivity contribution in [1.82, 2.24) is 0 Å². The second kappa shape index (κ2) is 7.55. The Morgan fingerprint density at radius 1 is 1.18 bits per heavy atom. The van der Waals surface area contributed by atoms with Crippen molar-refractivity contribution >= 4 is 31.9 Å². The van der Waals surface area contributed by atoms with E-state index >= 15 is 0 Å². The molecule has 0 saturated heterocycles. The lowest BCUT2D eigenvalue weighted by Gasteiger charge is -2.23. The van der Waals surface area contributed by atoms with Gasteiger partial charge in [-0.15, -0.1) is 0 Å². The van der Waals surface area contributed by atoms with Crippen LogP contribution in [0, 0.1) is 5.92 Å². The maximum Gasteiger partial charge on any atom is 0.0936 e. The van der Waals surface area contributed by atoms with Crippen LogP contribution >= 0.6 is 31.9 Å². The van der Waals surface area contributed by atoms with Gasteiger partial charge in [0, 0.05) is 9.80 Å². The largest absolute Gasteiger partial charge is 0.370 e. The molecule has 0 bridgehead atoms. The van der Waals surface area contributed by atoms with Crippen LogP contribution < -0.4 is 0 Å². The van der Waals surface area contributed by atoms with Crippen LogP contribution in [-0.4, -0.2) is 11.4 Å². The number of hydrogen-bond donors (Lipinski definition) is 0. The first-order valence-electron chi connectivity index (χ1n) is 6.00. The summed E-state index contributed by atoms with van der Waals surface area (Å²) in [5.41, 5.74) is 1.21. The molecule has 96 valence electrons. The van der Waals surface area contributed by atoms with Crippen LogP contribution in [0.2, 0.25) is 0 Å². The van der Waals surface area contributed by atoms with Gasteiger partial charge in [-0.3, -0.25) is 0 Å². The van der Waals surface area contributed by atoms with Crippen LogP contribution in [0.15, 0.2) is 28.7 Å². The van der Waals surface area contributed by atoms with E-state index in [2.05, 4.69) is 64.8 Å². The van der Waals surface area contributed by atoms with E-state index in [9.17, 15) is 0 Å². The number of hydrogen-bond acceptors (Lipinski definition) is 1. The Morgan fingerprint density at radius 3 is 2.35 bits per heavy atom. The van der Waals surface area contributed by atoms with Crippen molar-refractivity contribution in [3.05, 3.63) is 34.3 Å². The molecule has 2 unspecified atom stereocenters. The van der Waals surface area contributed by atoms with Gasteiger partial charge in [0.2, 0.25) is 0 Å². The predicted octanol–water partition coefficient (Wildman–Crippen LogP) is 5.34. The van der Waals surface area contributed by atoms with Crippen LogP contribution in [0.1, 0.15) is 38.9 Å². The maximum atomic E-state index is 6.10. The fourth-order valence-electron chi connectivity index (χ4n) is 1.93. The van der Waals surface area contributed by atoms with Gasteiger partial charge in [-0.05, 0) is 30.9 Å². The van der Waals surface area contributed by atoms with Crippen LogP contribution in [-0.2, 0) is 4.74 Å². The summed E-state index contributed by atoms with van der Waals surface area (Å²) >= 11 is 7.11. The third kappa shape index (κ3) is 5.11. The lowest BCUT2D eigenvalue weighted by Crippen LogP contribution is -2.17. The molecule has 0 aromatic heterocycles. The highest BCUT2D eigenvalue weighted by Gasteiger charge is 2.17. The van der Waals surface area contributed by atoms with Gasteiger partial charge in [-0.2, -0.15) is 0 Å². The zero-order valence-electron chi connectivity index (χ0n) is 10.6. The normalized spacial score (nSPS) is 14.9. The van der Waals surface area contributed by atoms with E-state index in [-0.39, 0.29) is 12.2 Å². The molecule has 1 aromatic rings. The third-order valence-corrected chi connectivity index (χ3v) is 3.90. The monoisotopic (exact) mass is 362 g/mol. The Hall–Kier alpha value is 0.140. The van der Waals surface area contributed by atoms with Crippen molar-refractivity contribution in [3.63, 3.8) is 0 Å². The predicted molar refractivity (Wildman–Crippen MR) is 80.7 cm³/mol. The molecule has 0 saturated carbocycles. The van der Waals surface area contributed by atoms with Crippen LogP contribution in [0.25, 0.3) is 0 Å². The highest BCUT2D eigenvalue weighted by molar-refractivity contribution is 9.10. The fourth-order valence-corrected chi connectivity index (χ4v) is 2.97. The molecule has 1 nitrogen and oxygen atoms in total. The van der Waals surface area contributed by atoms with Gasteiger partial charge >= 0.3 is 0 Å². The Kier molecular flexibility index (Phi) is 6.75. The molecule has 0 heterocycles. The summed E-state index contributed by atoms with van der Waals surface area (Å²) < 4.78 is 7.21. The minimum Gasteiger partial charge on any atom is -0.370 e. The first-order chi connectivity index (χ1) is 8.04. The van der Waals surface area contributed by atoms with Crippen molar-refractivity contribution in [1.29, 1.82) is 0 Å². The van der Waals surface area contributed by atoms with Gasteiger partial charge in [-0.1, -0.05) is 63.9 Å². The Balaban J connectivity index is 2.69. The third-order valence-electron chi connectivity index (χ3n) is 2.59. The van der Waals surface area contributed by atoms with E-state index in [0.717, 1.165) is 16.2 Å². The van der Waals surface area contributed by atoms with Crippen molar-refractivity contribution in [2.45, 2.75) is 39.4 Å². The van der Waals surface area contributed by atoms with Gasteiger partial charge in [0.05, 0.1) is 12.2 Å². The molecule has 0 N–H and O–H groups in total. The smallest absolute Gasteiger partial charge is 0.0936 e. The van der Waals surface area contributed by atoms with E-state index in [1.54, 1.807) is 0 Å². The zero-order valence-corrected chi connectivity index (χ0v) is 13.8. The molecule has 3 heteroatoms. The second-order valence-electron chi connectivity index (χ2n) is 4.74. The first-order valence-corrected chi connectivity index (χ1v) is 7.91. The fraction of sp³-hybridized carbons (Fsp3) is 0.571. The summed E-state index contributed by atoms with van der Waals surface area (Å²) in [6.45, 7) is 6.59. The quantitative estimate of drug-likeness (QED) is 0.620. The number of benzene rings is 1. The molecular weight excluding hydrogens is 344 g/mol. The first kappa shape index (κ1) is 15.2. The van der Waals surface area contributed by atoms with E-state index in [1.165, 1.54) is 5.56 Å². The van der Waals surface area contributed by atoms with E-state index in [0.29, 0.717) is 5.92 Å². The van der Waals surface area contributed by atoms with Crippen LogP contribution in [0.5, 0.6) is 0 Å². The van der Waals surface area contributed by atoms with Gasteiger partial charge in [0.15, 0.2) is 0 Å². The number of alkyl halides is 1. The molecule has 0 aliphatic rings. The van der Waals surface area contributed by atoms with E-state index < -0.39 is 0 Å². The summed E-state index contributed by atoms with van der Waals surface area (Å²) in [5, 5.41) is 0.818. The highest BCUT2D eigenvalue weighted by Crippen LogP contribution is 2.29. The van der Waals surface area contributed by atoms with E-state index in [1.807, 2.05) is 12.1 Å². The Morgan fingerprint density at radius 2 is 1.82 bits per heavy atom. The summed E-state index contributed by atoms with van der Waals surface area (Å²) in [5.74, 6) is 0.667. The molecule has 1 rings (SSSR count). The lowest BCUT2D eigenvalue weighted by molar-refractivity contribution is -0.000348. The summed E-state index contributed by atoms with van der Waals surface area (Å²) in [6.07, 6.45) is 1.48. The molecule has 0 aliphatic heterocycles. The van der Waals surface area contributed by atoms with Gasteiger partial charge < -0.3 is 4.74 Å². The molecule has 0 fully saturated rings.